The third-order valence-corrected chi connectivity index (χ3v) is 6.37. The first-order valence-corrected chi connectivity index (χ1v) is 11.5. The molecule has 2 aromatic carbocycles. The van der Waals surface area contributed by atoms with Crippen LogP contribution in [-0.2, 0) is 24.0 Å². The highest BCUT2D eigenvalue weighted by Crippen LogP contribution is 2.34. The molecule has 0 radical (unpaired) electrons. The van der Waals surface area contributed by atoms with Gasteiger partial charge in [0, 0.05) is 13.1 Å². The lowest BCUT2D eigenvalue weighted by Gasteiger charge is -2.21. The fourth-order valence-corrected chi connectivity index (χ4v) is 4.46. The van der Waals surface area contributed by atoms with Gasteiger partial charge in [-0.2, -0.15) is 18.3 Å². The Morgan fingerprint density at radius 2 is 1.81 bits per heavy atom. The minimum absolute atomic E-state index is 0.169. The van der Waals surface area contributed by atoms with E-state index in [9.17, 15) is 22.8 Å². The minimum atomic E-state index is -4.43. The van der Waals surface area contributed by atoms with E-state index in [0.29, 0.717) is 41.3 Å². The lowest BCUT2D eigenvalue weighted by Crippen LogP contribution is -2.29. The first kappa shape index (κ1) is 25.3. The lowest BCUT2D eigenvalue weighted by molar-refractivity contribution is -0.138. The Labute approximate surface area is 206 Å². The largest absolute Gasteiger partial charge is 0.465 e. The molecule has 10 heteroatoms. The summed E-state index contributed by atoms with van der Waals surface area (Å²) in [6, 6.07) is 10.7. The molecule has 0 saturated heterocycles. The van der Waals surface area contributed by atoms with Crippen LogP contribution >= 0.6 is 0 Å². The molecule has 36 heavy (non-hydrogen) atoms. The summed E-state index contributed by atoms with van der Waals surface area (Å²) < 4.78 is 46.6. The quantitative estimate of drug-likeness (QED) is 0.492. The molecule has 0 saturated carbocycles. The number of alkyl halides is 3. The second-order valence-corrected chi connectivity index (χ2v) is 8.88. The van der Waals surface area contributed by atoms with Gasteiger partial charge < -0.3 is 15.0 Å². The van der Waals surface area contributed by atoms with Gasteiger partial charge in [-0.25, -0.2) is 9.48 Å². The van der Waals surface area contributed by atoms with Crippen molar-refractivity contribution in [2.75, 3.05) is 18.6 Å². The smallest absolute Gasteiger partial charge is 0.416 e. The van der Waals surface area contributed by atoms with Crippen LogP contribution in [0.5, 0.6) is 0 Å². The van der Waals surface area contributed by atoms with Gasteiger partial charge in [0.05, 0.1) is 36.5 Å². The number of methoxy groups -OCH3 is 1. The average Bonchev–Trinajstić information content (AvgIpc) is 3.36. The van der Waals surface area contributed by atoms with Crippen molar-refractivity contribution in [1.82, 2.24) is 15.1 Å². The van der Waals surface area contributed by atoms with Crippen LogP contribution in [0.2, 0.25) is 0 Å². The number of anilines is 1. The Morgan fingerprint density at radius 3 is 2.44 bits per heavy atom. The Kier molecular flexibility index (Phi) is 6.79. The van der Waals surface area contributed by atoms with Crippen LogP contribution in [0.3, 0.4) is 0 Å². The molecule has 1 aromatic heterocycles. The second-order valence-electron chi connectivity index (χ2n) is 8.88. The number of halogens is 3. The number of esters is 1. The van der Waals surface area contributed by atoms with Gasteiger partial charge in [-0.3, -0.25) is 4.79 Å². The number of benzene rings is 2. The first-order valence-electron chi connectivity index (χ1n) is 11.5. The maximum atomic E-state index is 13.4. The van der Waals surface area contributed by atoms with Crippen LogP contribution in [0.1, 0.15) is 61.6 Å². The number of nitrogens with zero attached hydrogens (tertiary/aromatic N) is 3. The van der Waals surface area contributed by atoms with Gasteiger partial charge in [0.1, 0.15) is 11.4 Å². The molecule has 4 rings (SSSR count). The zero-order chi connectivity index (χ0) is 26.2. The highest BCUT2D eigenvalue weighted by molar-refractivity contribution is 6.00. The van der Waals surface area contributed by atoms with Crippen molar-refractivity contribution >= 4 is 17.7 Å². The van der Waals surface area contributed by atoms with Gasteiger partial charge in [-0.1, -0.05) is 24.3 Å². The molecular weight excluding hydrogens is 473 g/mol. The Bertz CT molecular complexity index is 1300. The maximum Gasteiger partial charge on any atom is 0.416 e. The molecule has 7 nitrogen and oxygen atoms in total. The van der Waals surface area contributed by atoms with E-state index in [1.165, 1.54) is 26.2 Å². The first-order chi connectivity index (χ1) is 17.0. The van der Waals surface area contributed by atoms with E-state index in [-0.39, 0.29) is 24.1 Å². The number of rotatable bonds is 6. The standard InChI is InChI=1S/C26H27F3N4O3/c1-15-5-6-18(13-21(15)26(27,28)29)14-32-11-12-33-24(32)22(17(3)31-33)23(34)30-16(2)19-7-9-20(10-8-19)25(35)36-4/h5-10,13,16H,11-12,14H2,1-4H3,(H,30,34)/t16-/m0/s1. The van der Waals surface area contributed by atoms with Gasteiger partial charge in [-0.15, -0.1) is 0 Å². The van der Waals surface area contributed by atoms with Crippen molar-refractivity contribution in [3.63, 3.8) is 0 Å². The van der Waals surface area contributed by atoms with Crippen molar-refractivity contribution in [1.29, 1.82) is 0 Å². The third-order valence-electron chi connectivity index (χ3n) is 6.37. The van der Waals surface area contributed by atoms with Crippen molar-refractivity contribution < 1.29 is 27.5 Å². The van der Waals surface area contributed by atoms with E-state index in [1.807, 2.05) is 11.8 Å². The summed E-state index contributed by atoms with van der Waals surface area (Å²) >= 11 is 0. The molecule has 1 amide bonds. The number of amides is 1. The van der Waals surface area contributed by atoms with Crippen molar-refractivity contribution in [3.05, 3.63) is 81.5 Å². The van der Waals surface area contributed by atoms with Gasteiger partial charge >= 0.3 is 12.1 Å². The molecule has 1 N–H and O–H groups in total. The molecule has 1 aliphatic rings. The third kappa shape index (κ3) is 4.93. The van der Waals surface area contributed by atoms with E-state index < -0.39 is 17.7 Å². The minimum Gasteiger partial charge on any atom is -0.465 e. The van der Waals surface area contributed by atoms with Gasteiger partial charge in [0.2, 0.25) is 0 Å². The number of aryl methyl sites for hydroxylation is 2. The fraction of sp³-hybridized carbons (Fsp3) is 0.346. The Balaban J connectivity index is 1.55. The van der Waals surface area contributed by atoms with Crippen molar-refractivity contribution in [2.45, 2.75) is 46.1 Å². The second kappa shape index (κ2) is 9.67. The molecule has 2 heterocycles. The van der Waals surface area contributed by atoms with Crippen LogP contribution in [0.25, 0.3) is 0 Å². The number of hydrogen-bond donors (Lipinski definition) is 1. The van der Waals surface area contributed by atoms with E-state index >= 15 is 0 Å². The number of carbonyl (C=O) groups excluding carboxylic acids is 2. The number of hydrogen-bond acceptors (Lipinski definition) is 5. The predicted octanol–water partition coefficient (Wildman–Crippen LogP) is 4.82. The molecule has 1 aliphatic heterocycles. The zero-order valence-electron chi connectivity index (χ0n) is 20.4. The molecule has 1 atom stereocenters. The summed E-state index contributed by atoms with van der Waals surface area (Å²) in [5, 5.41) is 7.45. The number of nitrogens with one attached hydrogen (secondary N) is 1. The molecule has 0 bridgehead atoms. The van der Waals surface area contributed by atoms with Crippen molar-refractivity contribution in [2.24, 2.45) is 0 Å². The molecule has 0 spiro atoms. The summed E-state index contributed by atoms with van der Waals surface area (Å²) in [4.78, 5) is 26.8. The summed E-state index contributed by atoms with van der Waals surface area (Å²) in [5.74, 6) is -0.183. The number of aromatic nitrogens is 2. The van der Waals surface area contributed by atoms with Crippen LogP contribution < -0.4 is 10.2 Å². The summed E-state index contributed by atoms with van der Waals surface area (Å²) in [7, 11) is 1.31. The summed E-state index contributed by atoms with van der Waals surface area (Å²) in [6.07, 6.45) is -4.43. The van der Waals surface area contributed by atoms with Crippen LogP contribution in [0.4, 0.5) is 19.0 Å². The predicted molar refractivity (Wildman–Crippen MR) is 128 cm³/mol. The van der Waals surface area contributed by atoms with Crippen molar-refractivity contribution in [3.8, 4) is 0 Å². The van der Waals surface area contributed by atoms with E-state index in [2.05, 4.69) is 10.4 Å². The molecule has 190 valence electrons. The highest BCUT2D eigenvalue weighted by Gasteiger charge is 2.34. The molecule has 3 aromatic rings. The van der Waals surface area contributed by atoms with Gasteiger partial charge in [-0.05, 0) is 55.7 Å². The van der Waals surface area contributed by atoms with E-state index in [4.69, 9.17) is 4.74 Å². The Hall–Kier alpha value is -3.82. The van der Waals surface area contributed by atoms with Crippen LogP contribution in [-0.4, -0.2) is 35.3 Å². The number of ether oxygens (including phenoxy) is 1. The average molecular weight is 501 g/mol. The highest BCUT2D eigenvalue weighted by atomic mass is 19.4. The maximum absolute atomic E-state index is 13.4. The summed E-state index contributed by atoms with van der Waals surface area (Å²) in [5.41, 5.74) is 2.16. The fourth-order valence-electron chi connectivity index (χ4n) is 4.46. The molecular formula is C26H27F3N4O3. The molecule has 0 fully saturated rings. The summed E-state index contributed by atoms with van der Waals surface area (Å²) in [6.45, 7) is 6.29. The normalized spacial score (nSPS) is 13.9. The van der Waals surface area contributed by atoms with E-state index in [0.717, 1.165) is 5.56 Å². The molecule has 0 aliphatic carbocycles. The number of fused-ring (bicyclic) bond motifs is 1. The monoisotopic (exact) mass is 500 g/mol. The SMILES string of the molecule is COC(=O)c1ccc([C@H](C)NC(=O)c2c(C)nn3c2N(Cc2ccc(C)c(C(F)(F)F)c2)CC3)cc1. The van der Waals surface area contributed by atoms with Crippen LogP contribution in [0, 0.1) is 13.8 Å². The molecule has 0 unspecified atom stereocenters. The van der Waals surface area contributed by atoms with E-state index in [1.54, 1.807) is 41.9 Å². The van der Waals surface area contributed by atoms with Gasteiger partial charge in [0.15, 0.2) is 0 Å². The lowest BCUT2D eigenvalue weighted by atomic mass is 10.0. The van der Waals surface area contributed by atoms with Crippen LogP contribution in [0.15, 0.2) is 42.5 Å². The zero-order valence-corrected chi connectivity index (χ0v) is 20.4. The van der Waals surface area contributed by atoms with Gasteiger partial charge in [0.25, 0.3) is 5.91 Å². The number of carbonyl (C=O) groups is 2. The topological polar surface area (TPSA) is 76.5 Å². The Morgan fingerprint density at radius 1 is 1.11 bits per heavy atom.